The fourth-order valence-electron chi connectivity index (χ4n) is 2.69. The van der Waals surface area contributed by atoms with Crippen LogP contribution in [0.25, 0.3) is 0 Å². The van der Waals surface area contributed by atoms with Crippen molar-refractivity contribution < 1.29 is 9.59 Å². The summed E-state index contributed by atoms with van der Waals surface area (Å²) in [6.07, 6.45) is 2.51. The topological polar surface area (TPSA) is 63.4 Å². The molecule has 4 heteroatoms. The predicted octanol–water partition coefficient (Wildman–Crippen LogP) is 0.407. The summed E-state index contributed by atoms with van der Waals surface area (Å²) in [5.74, 6) is -0.536. The summed E-state index contributed by atoms with van der Waals surface area (Å²) in [6, 6.07) is 0. The van der Waals surface area contributed by atoms with E-state index >= 15 is 0 Å². The van der Waals surface area contributed by atoms with Crippen molar-refractivity contribution in [3.8, 4) is 0 Å². The molecule has 1 rings (SSSR count). The van der Waals surface area contributed by atoms with E-state index in [1.165, 1.54) is 0 Å². The van der Waals surface area contributed by atoms with Crippen LogP contribution in [0, 0.1) is 11.8 Å². The summed E-state index contributed by atoms with van der Waals surface area (Å²) in [4.78, 5) is 24.8. The van der Waals surface area contributed by atoms with Gasteiger partial charge in [0.1, 0.15) is 11.8 Å². The first kappa shape index (κ1) is 12.2. The molecule has 0 aromatic rings. The maximum Gasteiger partial charge on any atom is 0.238 e. The number of aldehydes is 1. The van der Waals surface area contributed by atoms with Crippen molar-refractivity contribution in [2.45, 2.75) is 32.2 Å². The predicted molar refractivity (Wildman–Crippen MR) is 58.2 cm³/mol. The zero-order chi connectivity index (χ0) is 11.6. The number of carbonyl (C=O) groups excluding carboxylic acids is 2. The summed E-state index contributed by atoms with van der Waals surface area (Å²) < 4.78 is 0. The fraction of sp³-hybridized carbons (Fsp3) is 0.818. The Bertz CT molecular complexity index is 265. The number of carbonyl (C=O) groups is 2. The average molecular weight is 212 g/mol. The number of nitrogens with two attached hydrogens (primary N) is 1. The van der Waals surface area contributed by atoms with E-state index in [0.717, 1.165) is 19.3 Å². The van der Waals surface area contributed by atoms with Crippen LogP contribution < -0.4 is 5.73 Å². The maximum absolute atomic E-state index is 11.7. The van der Waals surface area contributed by atoms with Gasteiger partial charge in [0.15, 0.2) is 0 Å². The Hall–Kier alpha value is -0.900. The van der Waals surface area contributed by atoms with Crippen molar-refractivity contribution in [2.75, 3.05) is 13.6 Å². The Balaban J connectivity index is 3.10. The smallest absolute Gasteiger partial charge is 0.238 e. The molecule has 1 aliphatic rings. The molecule has 2 N–H and O–H groups in total. The monoisotopic (exact) mass is 212 g/mol. The minimum absolute atomic E-state index is 0.135. The molecule has 0 saturated carbocycles. The summed E-state index contributed by atoms with van der Waals surface area (Å²) in [7, 11) is 1.87. The average Bonchev–Trinajstić information content (AvgIpc) is 2.49. The van der Waals surface area contributed by atoms with Crippen molar-refractivity contribution in [1.82, 2.24) is 4.90 Å². The third-order valence-electron chi connectivity index (χ3n) is 3.58. The summed E-state index contributed by atoms with van der Waals surface area (Å²) in [6.45, 7) is 4.74. The zero-order valence-corrected chi connectivity index (χ0v) is 9.69. The van der Waals surface area contributed by atoms with Gasteiger partial charge in [0, 0.05) is 5.92 Å². The van der Waals surface area contributed by atoms with Crippen molar-refractivity contribution in [3.63, 3.8) is 0 Å². The van der Waals surface area contributed by atoms with Crippen molar-refractivity contribution in [2.24, 2.45) is 17.6 Å². The highest BCUT2D eigenvalue weighted by Crippen LogP contribution is 2.37. The molecule has 0 spiro atoms. The van der Waals surface area contributed by atoms with Crippen LogP contribution >= 0.6 is 0 Å². The molecular weight excluding hydrogens is 192 g/mol. The van der Waals surface area contributed by atoms with Gasteiger partial charge in [0.25, 0.3) is 0 Å². The molecule has 0 aromatic carbocycles. The van der Waals surface area contributed by atoms with E-state index in [0.29, 0.717) is 6.42 Å². The molecule has 15 heavy (non-hydrogen) atoms. The van der Waals surface area contributed by atoms with Gasteiger partial charge >= 0.3 is 0 Å². The summed E-state index contributed by atoms with van der Waals surface area (Å²) >= 11 is 0. The van der Waals surface area contributed by atoms with Gasteiger partial charge in [-0.25, -0.2) is 0 Å². The molecule has 2 unspecified atom stereocenters. The number of nitrogens with zero attached hydrogens (tertiary/aromatic N) is 1. The lowest BCUT2D eigenvalue weighted by Gasteiger charge is -2.39. The van der Waals surface area contributed by atoms with Crippen LogP contribution in [0.4, 0.5) is 0 Å². The molecule has 1 fully saturated rings. The third-order valence-corrected chi connectivity index (χ3v) is 3.58. The second-order valence-corrected chi connectivity index (χ2v) is 4.72. The summed E-state index contributed by atoms with van der Waals surface area (Å²) in [5, 5.41) is 0. The Kier molecular flexibility index (Phi) is 3.50. The molecule has 0 radical (unpaired) electrons. The number of primary amides is 1. The molecule has 86 valence electrons. The van der Waals surface area contributed by atoms with E-state index in [4.69, 9.17) is 5.73 Å². The SMILES string of the molecule is CC(C)C(C=O)C1(C(N)=O)CCCN1C. The van der Waals surface area contributed by atoms with Gasteiger partial charge in [-0.05, 0) is 32.4 Å². The van der Waals surface area contributed by atoms with Crippen molar-refractivity contribution in [3.05, 3.63) is 0 Å². The zero-order valence-electron chi connectivity index (χ0n) is 9.69. The highest BCUT2D eigenvalue weighted by Gasteiger charge is 2.51. The van der Waals surface area contributed by atoms with E-state index in [2.05, 4.69) is 0 Å². The Morgan fingerprint density at radius 3 is 2.40 bits per heavy atom. The highest BCUT2D eigenvalue weighted by atomic mass is 16.2. The Morgan fingerprint density at radius 1 is 1.53 bits per heavy atom. The van der Waals surface area contributed by atoms with E-state index < -0.39 is 5.54 Å². The Morgan fingerprint density at radius 2 is 2.13 bits per heavy atom. The molecule has 1 saturated heterocycles. The maximum atomic E-state index is 11.7. The van der Waals surface area contributed by atoms with Crippen LogP contribution in [-0.4, -0.2) is 36.2 Å². The van der Waals surface area contributed by atoms with Gasteiger partial charge in [-0.2, -0.15) is 0 Å². The number of likely N-dealkylation sites (N-methyl/N-ethyl adjacent to an activating group) is 1. The number of rotatable bonds is 4. The number of hydrogen-bond acceptors (Lipinski definition) is 3. The van der Waals surface area contributed by atoms with Crippen LogP contribution in [0.2, 0.25) is 0 Å². The molecule has 0 aromatic heterocycles. The normalized spacial score (nSPS) is 29.3. The lowest BCUT2D eigenvalue weighted by atomic mass is 9.75. The number of likely N-dealkylation sites (tertiary alicyclic amines) is 1. The first-order chi connectivity index (χ1) is 6.96. The van der Waals surface area contributed by atoms with Gasteiger partial charge < -0.3 is 10.5 Å². The fourth-order valence-corrected chi connectivity index (χ4v) is 2.69. The third kappa shape index (κ3) is 1.78. The lowest BCUT2D eigenvalue weighted by molar-refractivity contribution is -0.136. The van der Waals surface area contributed by atoms with Gasteiger partial charge in [-0.1, -0.05) is 13.8 Å². The number of amides is 1. The molecule has 2 atom stereocenters. The second-order valence-electron chi connectivity index (χ2n) is 4.72. The van der Waals surface area contributed by atoms with Gasteiger partial charge in [0.2, 0.25) is 5.91 Å². The second kappa shape index (κ2) is 4.31. The molecule has 0 aliphatic carbocycles. The minimum Gasteiger partial charge on any atom is -0.368 e. The summed E-state index contributed by atoms with van der Waals surface area (Å²) in [5.41, 5.74) is 4.74. The van der Waals surface area contributed by atoms with Crippen LogP contribution in [0.5, 0.6) is 0 Å². The van der Waals surface area contributed by atoms with Crippen LogP contribution in [0.1, 0.15) is 26.7 Å². The van der Waals surface area contributed by atoms with E-state index in [-0.39, 0.29) is 17.7 Å². The van der Waals surface area contributed by atoms with Gasteiger partial charge in [-0.3, -0.25) is 9.69 Å². The molecule has 0 bridgehead atoms. The van der Waals surface area contributed by atoms with Crippen LogP contribution in [-0.2, 0) is 9.59 Å². The molecule has 1 aliphatic heterocycles. The van der Waals surface area contributed by atoms with E-state index in [9.17, 15) is 9.59 Å². The highest BCUT2D eigenvalue weighted by molar-refractivity contribution is 5.88. The van der Waals surface area contributed by atoms with Gasteiger partial charge in [-0.15, -0.1) is 0 Å². The minimum atomic E-state index is -0.754. The standard InChI is InChI=1S/C11H20N2O2/c1-8(2)9(7-14)11(10(12)15)5-4-6-13(11)3/h7-9H,4-6H2,1-3H3,(H2,12,15). The molecule has 1 heterocycles. The number of hydrogen-bond donors (Lipinski definition) is 1. The first-order valence-corrected chi connectivity index (χ1v) is 5.43. The van der Waals surface area contributed by atoms with Crippen molar-refractivity contribution >= 4 is 12.2 Å². The molecular formula is C11H20N2O2. The molecule has 4 nitrogen and oxygen atoms in total. The van der Waals surface area contributed by atoms with E-state index in [1.54, 1.807) is 0 Å². The molecule has 1 amide bonds. The van der Waals surface area contributed by atoms with Gasteiger partial charge in [0.05, 0.1) is 0 Å². The first-order valence-electron chi connectivity index (χ1n) is 5.43. The Labute approximate surface area is 90.8 Å². The quantitative estimate of drug-likeness (QED) is 0.686. The van der Waals surface area contributed by atoms with Crippen LogP contribution in [0.15, 0.2) is 0 Å². The largest absolute Gasteiger partial charge is 0.368 e. The lowest BCUT2D eigenvalue weighted by Crippen LogP contribution is -2.59. The van der Waals surface area contributed by atoms with E-state index in [1.807, 2.05) is 25.8 Å². The van der Waals surface area contributed by atoms with Crippen LogP contribution in [0.3, 0.4) is 0 Å². The van der Waals surface area contributed by atoms with Crippen molar-refractivity contribution in [1.29, 1.82) is 0 Å².